The smallest absolute Gasteiger partial charge is 0.322 e. The lowest BCUT2D eigenvalue weighted by molar-refractivity contribution is -0.140. The molecule has 0 amide bonds. The first kappa shape index (κ1) is 13.4. The van der Waals surface area contributed by atoms with E-state index in [1.165, 1.54) is 23.9 Å². The summed E-state index contributed by atoms with van der Waals surface area (Å²) in [6, 6.07) is 5.44. The predicted molar refractivity (Wildman–Crippen MR) is 69.0 cm³/mol. The number of benzene rings is 1. The van der Waals surface area contributed by atoms with Crippen LogP contribution in [0.3, 0.4) is 0 Å². The number of sulfonamides is 1. The molecule has 1 heterocycles. The van der Waals surface area contributed by atoms with Crippen LogP contribution in [0.25, 0.3) is 0 Å². The lowest BCUT2D eigenvalue weighted by Crippen LogP contribution is -2.41. The third kappa shape index (κ3) is 2.38. The summed E-state index contributed by atoms with van der Waals surface area (Å²) in [6.07, 6.45) is 0. The molecule has 98 valence electrons. The molecule has 0 spiro atoms. The molecule has 1 N–H and O–H groups in total. The minimum Gasteiger partial charge on any atom is -0.480 e. The summed E-state index contributed by atoms with van der Waals surface area (Å²) in [6.45, 7) is 1.86. The molecule has 5 nitrogen and oxygen atoms in total. The van der Waals surface area contributed by atoms with Crippen molar-refractivity contribution in [2.24, 2.45) is 0 Å². The van der Waals surface area contributed by atoms with Crippen LogP contribution in [0.4, 0.5) is 0 Å². The zero-order valence-electron chi connectivity index (χ0n) is 9.74. The van der Waals surface area contributed by atoms with Gasteiger partial charge in [0.2, 0.25) is 10.0 Å². The molecule has 1 aliphatic heterocycles. The van der Waals surface area contributed by atoms with Crippen LogP contribution in [0.2, 0.25) is 0 Å². The van der Waals surface area contributed by atoms with E-state index in [0.717, 1.165) is 9.87 Å². The summed E-state index contributed by atoms with van der Waals surface area (Å²) < 4.78 is 25.7. The van der Waals surface area contributed by atoms with Gasteiger partial charge in [-0.3, -0.25) is 4.79 Å². The number of carbonyl (C=O) groups is 1. The molecule has 1 aliphatic rings. The molecule has 1 aromatic rings. The topological polar surface area (TPSA) is 74.7 Å². The average Bonchev–Trinajstić information content (AvgIpc) is 2.79. The van der Waals surface area contributed by atoms with E-state index in [2.05, 4.69) is 0 Å². The van der Waals surface area contributed by atoms with Crippen LogP contribution in [-0.2, 0) is 14.8 Å². The fraction of sp³-hybridized carbons (Fsp3) is 0.364. The third-order valence-corrected chi connectivity index (χ3v) is 5.80. The maximum Gasteiger partial charge on any atom is 0.322 e. The van der Waals surface area contributed by atoms with Gasteiger partial charge >= 0.3 is 5.97 Å². The van der Waals surface area contributed by atoms with Crippen molar-refractivity contribution in [2.75, 3.05) is 11.6 Å². The molecule has 1 saturated heterocycles. The van der Waals surface area contributed by atoms with Gasteiger partial charge in [0.25, 0.3) is 0 Å². The molecule has 0 bridgehead atoms. The SMILES string of the molecule is Cc1ccc(S(=O)(=O)N2CSC[C@@H]2C(=O)O)cc1. The van der Waals surface area contributed by atoms with E-state index in [9.17, 15) is 13.2 Å². The number of hydrogen-bond acceptors (Lipinski definition) is 4. The van der Waals surface area contributed by atoms with Crippen LogP contribution in [-0.4, -0.2) is 41.5 Å². The molecule has 18 heavy (non-hydrogen) atoms. The van der Waals surface area contributed by atoms with Crippen LogP contribution < -0.4 is 0 Å². The normalized spacial score (nSPS) is 21.1. The Morgan fingerprint density at radius 1 is 1.39 bits per heavy atom. The fourth-order valence-electron chi connectivity index (χ4n) is 1.70. The monoisotopic (exact) mass is 287 g/mol. The first-order chi connectivity index (χ1) is 8.43. The van der Waals surface area contributed by atoms with Gasteiger partial charge in [0, 0.05) is 5.75 Å². The molecule has 7 heteroatoms. The van der Waals surface area contributed by atoms with Crippen LogP contribution in [0.15, 0.2) is 29.2 Å². The molecule has 0 saturated carbocycles. The molecule has 1 atom stereocenters. The minimum absolute atomic E-state index is 0.141. The van der Waals surface area contributed by atoms with Crippen molar-refractivity contribution in [3.05, 3.63) is 29.8 Å². The van der Waals surface area contributed by atoms with E-state index >= 15 is 0 Å². The largest absolute Gasteiger partial charge is 0.480 e. The predicted octanol–water partition coefficient (Wildman–Crippen LogP) is 1.14. The Hall–Kier alpha value is -1.05. The Balaban J connectivity index is 2.36. The molecule has 1 aromatic carbocycles. The van der Waals surface area contributed by atoms with Gasteiger partial charge in [0.05, 0.1) is 10.8 Å². The highest BCUT2D eigenvalue weighted by Gasteiger charge is 2.39. The van der Waals surface area contributed by atoms with Gasteiger partial charge in [0.1, 0.15) is 6.04 Å². The average molecular weight is 287 g/mol. The van der Waals surface area contributed by atoms with Gasteiger partial charge in [0.15, 0.2) is 0 Å². The highest BCUT2D eigenvalue weighted by Crippen LogP contribution is 2.28. The van der Waals surface area contributed by atoms with Crippen molar-refractivity contribution >= 4 is 27.8 Å². The highest BCUT2D eigenvalue weighted by atomic mass is 32.2. The summed E-state index contributed by atoms with van der Waals surface area (Å²) in [7, 11) is -3.72. The number of aryl methyl sites for hydroxylation is 1. The van der Waals surface area contributed by atoms with Crippen molar-refractivity contribution < 1.29 is 18.3 Å². The van der Waals surface area contributed by atoms with Gasteiger partial charge in [-0.05, 0) is 19.1 Å². The summed E-state index contributed by atoms with van der Waals surface area (Å²) in [5, 5.41) is 9.02. The number of rotatable bonds is 3. The molecular formula is C11H13NO4S2. The van der Waals surface area contributed by atoms with Crippen LogP contribution in [0, 0.1) is 6.92 Å². The molecule has 1 fully saturated rings. The van der Waals surface area contributed by atoms with E-state index in [1.807, 2.05) is 6.92 Å². The first-order valence-corrected chi connectivity index (χ1v) is 7.91. The second kappa shape index (κ2) is 4.91. The molecule has 0 unspecified atom stereocenters. The van der Waals surface area contributed by atoms with E-state index < -0.39 is 22.0 Å². The summed E-state index contributed by atoms with van der Waals surface area (Å²) in [5.41, 5.74) is 0.958. The van der Waals surface area contributed by atoms with Crippen LogP contribution in [0.1, 0.15) is 5.56 Å². The van der Waals surface area contributed by atoms with E-state index in [1.54, 1.807) is 12.1 Å². The van der Waals surface area contributed by atoms with E-state index in [4.69, 9.17) is 5.11 Å². The number of carboxylic acids is 1. The lowest BCUT2D eigenvalue weighted by Gasteiger charge is -2.20. The van der Waals surface area contributed by atoms with Crippen molar-refractivity contribution in [2.45, 2.75) is 17.9 Å². The van der Waals surface area contributed by atoms with Crippen LogP contribution >= 0.6 is 11.8 Å². The van der Waals surface area contributed by atoms with Gasteiger partial charge < -0.3 is 5.11 Å². The fourth-order valence-corrected chi connectivity index (χ4v) is 4.84. The Bertz CT molecular complexity index is 553. The van der Waals surface area contributed by atoms with Crippen LogP contribution in [0.5, 0.6) is 0 Å². The summed E-state index contributed by atoms with van der Waals surface area (Å²) in [4.78, 5) is 11.2. The maximum absolute atomic E-state index is 12.3. The van der Waals surface area contributed by atoms with Gasteiger partial charge in [-0.2, -0.15) is 4.31 Å². The third-order valence-electron chi connectivity index (χ3n) is 2.75. The van der Waals surface area contributed by atoms with Gasteiger partial charge in [-0.1, -0.05) is 17.7 Å². The second-order valence-corrected chi connectivity index (χ2v) is 6.95. The maximum atomic E-state index is 12.3. The number of thioether (sulfide) groups is 1. The Labute approximate surface area is 110 Å². The summed E-state index contributed by atoms with van der Waals surface area (Å²) >= 11 is 1.31. The highest BCUT2D eigenvalue weighted by molar-refractivity contribution is 8.00. The number of carboxylic acid groups (broad SMARTS) is 1. The van der Waals surface area contributed by atoms with Crippen molar-refractivity contribution in [1.82, 2.24) is 4.31 Å². The molecular weight excluding hydrogens is 274 g/mol. The zero-order chi connectivity index (χ0) is 13.3. The van der Waals surface area contributed by atoms with Crippen molar-refractivity contribution in [3.8, 4) is 0 Å². The van der Waals surface area contributed by atoms with Crippen molar-refractivity contribution in [1.29, 1.82) is 0 Å². The summed E-state index contributed by atoms with van der Waals surface area (Å²) in [5.74, 6) is -0.621. The Morgan fingerprint density at radius 2 is 2.00 bits per heavy atom. The first-order valence-electron chi connectivity index (χ1n) is 5.32. The van der Waals surface area contributed by atoms with Gasteiger partial charge in [-0.15, -0.1) is 11.8 Å². The number of nitrogens with zero attached hydrogens (tertiary/aromatic N) is 1. The molecule has 0 radical (unpaired) electrons. The van der Waals surface area contributed by atoms with E-state index in [0.29, 0.717) is 5.75 Å². The standard InChI is InChI=1S/C11H13NO4S2/c1-8-2-4-9(5-3-8)18(15,16)12-7-17-6-10(12)11(13)14/h2-5,10H,6-7H2,1H3,(H,13,14)/t10-/m1/s1. The van der Waals surface area contributed by atoms with Crippen molar-refractivity contribution in [3.63, 3.8) is 0 Å². The Kier molecular flexibility index (Phi) is 3.65. The molecule has 0 aromatic heterocycles. The number of hydrogen-bond donors (Lipinski definition) is 1. The van der Waals surface area contributed by atoms with E-state index in [-0.39, 0.29) is 10.8 Å². The van der Waals surface area contributed by atoms with Gasteiger partial charge in [-0.25, -0.2) is 8.42 Å². The zero-order valence-corrected chi connectivity index (χ0v) is 11.4. The molecule has 0 aliphatic carbocycles. The Morgan fingerprint density at radius 3 is 2.56 bits per heavy atom. The quantitative estimate of drug-likeness (QED) is 0.902. The minimum atomic E-state index is -3.72. The molecule has 2 rings (SSSR count). The second-order valence-electron chi connectivity index (χ2n) is 4.06. The lowest BCUT2D eigenvalue weighted by atomic mass is 10.2. The number of aliphatic carboxylic acids is 1.